The second kappa shape index (κ2) is 5.22. The maximum absolute atomic E-state index is 10.7. The minimum atomic E-state index is -1.19. The zero-order valence-corrected chi connectivity index (χ0v) is 9.82. The molecule has 2 aromatic carbocycles. The van der Waals surface area contributed by atoms with Crippen molar-refractivity contribution < 1.29 is 20.1 Å². The summed E-state index contributed by atoms with van der Waals surface area (Å²) in [6.45, 7) is 0. The standard InChI is InChI=1S/C14H11NO4/c16-11-4-1-9(2-5-11)8-15-10-3-6-12(14(18)19)13(17)7-10/h1-8,16-17H,(H,18,19). The van der Waals surface area contributed by atoms with Crippen molar-refractivity contribution in [2.24, 2.45) is 4.99 Å². The molecular weight excluding hydrogens is 246 g/mol. The number of carboxylic acids is 1. The van der Waals surface area contributed by atoms with Crippen LogP contribution in [0.4, 0.5) is 5.69 Å². The molecule has 0 spiro atoms. The largest absolute Gasteiger partial charge is 0.508 e. The predicted octanol–water partition coefficient (Wildman–Crippen LogP) is 2.55. The van der Waals surface area contributed by atoms with Gasteiger partial charge in [-0.25, -0.2) is 4.79 Å². The second-order valence-electron chi connectivity index (χ2n) is 3.86. The van der Waals surface area contributed by atoms with E-state index in [0.29, 0.717) is 5.69 Å². The number of nitrogens with zero attached hydrogens (tertiary/aromatic N) is 1. The molecular formula is C14H11NO4. The van der Waals surface area contributed by atoms with Crippen LogP contribution < -0.4 is 0 Å². The van der Waals surface area contributed by atoms with E-state index < -0.39 is 5.97 Å². The maximum Gasteiger partial charge on any atom is 0.339 e. The van der Waals surface area contributed by atoms with Crippen LogP contribution in [0, 0.1) is 0 Å². The number of aromatic carboxylic acids is 1. The van der Waals surface area contributed by atoms with Crippen molar-refractivity contribution in [3.8, 4) is 11.5 Å². The van der Waals surface area contributed by atoms with Gasteiger partial charge in [-0.2, -0.15) is 0 Å². The van der Waals surface area contributed by atoms with Gasteiger partial charge in [0.05, 0.1) is 5.69 Å². The Kier molecular flexibility index (Phi) is 3.47. The van der Waals surface area contributed by atoms with E-state index in [0.717, 1.165) is 5.56 Å². The summed E-state index contributed by atoms with van der Waals surface area (Å²) in [5, 5.41) is 27.4. The highest BCUT2D eigenvalue weighted by atomic mass is 16.4. The molecule has 96 valence electrons. The molecule has 3 N–H and O–H groups in total. The van der Waals surface area contributed by atoms with Gasteiger partial charge in [-0.15, -0.1) is 0 Å². The van der Waals surface area contributed by atoms with E-state index in [1.165, 1.54) is 30.3 Å². The van der Waals surface area contributed by atoms with E-state index in [-0.39, 0.29) is 17.1 Å². The molecule has 0 saturated carbocycles. The van der Waals surface area contributed by atoms with Gasteiger partial charge in [0.2, 0.25) is 0 Å². The van der Waals surface area contributed by atoms with E-state index in [4.69, 9.17) is 10.2 Å². The number of rotatable bonds is 3. The first-order chi connectivity index (χ1) is 9.06. The van der Waals surface area contributed by atoms with Crippen molar-refractivity contribution in [2.75, 3.05) is 0 Å². The highest BCUT2D eigenvalue weighted by molar-refractivity contribution is 5.91. The van der Waals surface area contributed by atoms with Gasteiger partial charge in [-0.1, -0.05) is 0 Å². The van der Waals surface area contributed by atoms with Crippen molar-refractivity contribution in [1.29, 1.82) is 0 Å². The number of aromatic hydroxyl groups is 2. The van der Waals surface area contributed by atoms with Crippen LogP contribution >= 0.6 is 0 Å². The molecule has 0 aliphatic carbocycles. The Labute approximate surface area is 109 Å². The van der Waals surface area contributed by atoms with Crippen LogP contribution in [0.3, 0.4) is 0 Å². The second-order valence-corrected chi connectivity index (χ2v) is 3.86. The first kappa shape index (κ1) is 12.6. The van der Waals surface area contributed by atoms with Crippen LogP contribution in [0.1, 0.15) is 15.9 Å². The molecule has 0 unspecified atom stereocenters. The Morgan fingerprint density at radius 2 is 1.74 bits per heavy atom. The van der Waals surface area contributed by atoms with Crippen molar-refractivity contribution in [3.05, 3.63) is 53.6 Å². The van der Waals surface area contributed by atoms with Crippen LogP contribution in [0.2, 0.25) is 0 Å². The SMILES string of the molecule is O=C(O)c1ccc(N=Cc2ccc(O)cc2)cc1O. The lowest BCUT2D eigenvalue weighted by atomic mass is 10.2. The number of carbonyl (C=O) groups is 1. The van der Waals surface area contributed by atoms with E-state index >= 15 is 0 Å². The average Bonchev–Trinajstić information content (AvgIpc) is 2.37. The summed E-state index contributed by atoms with van der Waals surface area (Å²) < 4.78 is 0. The van der Waals surface area contributed by atoms with Crippen LogP contribution in [-0.2, 0) is 0 Å². The van der Waals surface area contributed by atoms with Crippen LogP contribution in [-0.4, -0.2) is 27.5 Å². The summed E-state index contributed by atoms with van der Waals surface area (Å²) in [5.74, 6) is -1.35. The van der Waals surface area contributed by atoms with E-state index in [1.54, 1.807) is 18.3 Å². The molecule has 5 nitrogen and oxygen atoms in total. The third-order valence-corrected chi connectivity index (χ3v) is 2.47. The summed E-state index contributed by atoms with van der Waals surface area (Å²) in [7, 11) is 0. The Hall–Kier alpha value is -2.82. The molecule has 5 heteroatoms. The third-order valence-electron chi connectivity index (χ3n) is 2.47. The smallest absolute Gasteiger partial charge is 0.339 e. The molecule has 0 aliphatic rings. The Morgan fingerprint density at radius 1 is 1.05 bits per heavy atom. The molecule has 0 atom stereocenters. The fraction of sp³-hybridized carbons (Fsp3) is 0. The summed E-state index contributed by atoms with van der Waals surface area (Å²) >= 11 is 0. The minimum absolute atomic E-state index is 0.163. The number of hydrogen-bond acceptors (Lipinski definition) is 4. The average molecular weight is 257 g/mol. The summed E-state index contributed by atoms with van der Waals surface area (Å²) in [5.41, 5.74) is 1.05. The van der Waals surface area contributed by atoms with Gasteiger partial charge in [-0.05, 0) is 42.0 Å². The van der Waals surface area contributed by atoms with E-state index in [2.05, 4.69) is 4.99 Å². The van der Waals surface area contributed by atoms with E-state index in [1.807, 2.05) is 0 Å². The maximum atomic E-state index is 10.7. The number of phenolic OH excluding ortho intramolecular Hbond substituents is 1. The van der Waals surface area contributed by atoms with Crippen molar-refractivity contribution in [2.45, 2.75) is 0 Å². The molecule has 0 fully saturated rings. The van der Waals surface area contributed by atoms with Crippen LogP contribution in [0.5, 0.6) is 11.5 Å². The third kappa shape index (κ3) is 3.10. The molecule has 0 amide bonds. The lowest BCUT2D eigenvalue weighted by molar-refractivity contribution is 0.0694. The van der Waals surface area contributed by atoms with E-state index in [9.17, 15) is 9.90 Å². The van der Waals surface area contributed by atoms with Crippen molar-refractivity contribution >= 4 is 17.9 Å². The Balaban J connectivity index is 2.22. The first-order valence-electron chi connectivity index (χ1n) is 5.45. The van der Waals surface area contributed by atoms with Crippen molar-refractivity contribution in [1.82, 2.24) is 0 Å². The lowest BCUT2D eigenvalue weighted by Gasteiger charge is -2.00. The monoisotopic (exact) mass is 257 g/mol. The number of phenols is 2. The summed E-state index contributed by atoms with van der Waals surface area (Å²) in [4.78, 5) is 14.8. The topological polar surface area (TPSA) is 90.1 Å². The molecule has 2 rings (SSSR count). The molecule has 0 saturated heterocycles. The van der Waals surface area contributed by atoms with Crippen LogP contribution in [0.25, 0.3) is 0 Å². The molecule has 0 aromatic heterocycles. The molecule has 0 radical (unpaired) electrons. The highest BCUT2D eigenvalue weighted by Gasteiger charge is 2.08. The Bertz CT molecular complexity index is 632. The Morgan fingerprint density at radius 3 is 2.32 bits per heavy atom. The van der Waals surface area contributed by atoms with Gasteiger partial charge in [0.15, 0.2) is 0 Å². The number of carboxylic acid groups (broad SMARTS) is 1. The summed E-state index contributed by atoms with van der Waals surface area (Å²) in [6, 6.07) is 10.5. The van der Waals surface area contributed by atoms with Gasteiger partial charge >= 0.3 is 5.97 Å². The molecule has 0 bridgehead atoms. The van der Waals surface area contributed by atoms with Gasteiger partial charge in [-0.3, -0.25) is 4.99 Å². The van der Waals surface area contributed by atoms with Crippen molar-refractivity contribution in [3.63, 3.8) is 0 Å². The zero-order chi connectivity index (χ0) is 13.8. The fourth-order valence-corrected chi connectivity index (χ4v) is 1.49. The number of aliphatic imine (C=N–C) groups is 1. The normalized spacial score (nSPS) is 10.7. The van der Waals surface area contributed by atoms with Crippen LogP contribution in [0.15, 0.2) is 47.5 Å². The molecule has 19 heavy (non-hydrogen) atoms. The highest BCUT2D eigenvalue weighted by Crippen LogP contribution is 2.23. The van der Waals surface area contributed by atoms with Gasteiger partial charge in [0.1, 0.15) is 17.1 Å². The fourth-order valence-electron chi connectivity index (χ4n) is 1.49. The minimum Gasteiger partial charge on any atom is -0.508 e. The molecule has 0 aliphatic heterocycles. The van der Waals surface area contributed by atoms with Gasteiger partial charge in [0.25, 0.3) is 0 Å². The quantitative estimate of drug-likeness (QED) is 0.737. The number of benzene rings is 2. The lowest BCUT2D eigenvalue weighted by Crippen LogP contribution is -1.95. The van der Waals surface area contributed by atoms with Gasteiger partial charge < -0.3 is 15.3 Å². The summed E-state index contributed by atoms with van der Waals surface area (Å²) in [6.07, 6.45) is 1.55. The van der Waals surface area contributed by atoms with Gasteiger partial charge in [0, 0.05) is 12.3 Å². The first-order valence-corrected chi connectivity index (χ1v) is 5.45. The molecule has 2 aromatic rings. The zero-order valence-electron chi connectivity index (χ0n) is 9.82. The predicted molar refractivity (Wildman–Crippen MR) is 70.4 cm³/mol. The number of hydrogen-bond donors (Lipinski definition) is 3. The molecule has 0 heterocycles.